The molecule has 6 heteroatoms. The van der Waals surface area contributed by atoms with Crippen molar-refractivity contribution in [2.75, 3.05) is 26.0 Å². The molecular formula is C12H16ClN3O2. The van der Waals surface area contributed by atoms with E-state index in [1.807, 2.05) is 12.1 Å². The van der Waals surface area contributed by atoms with Crippen molar-refractivity contribution in [1.82, 2.24) is 15.2 Å². The molecule has 18 heavy (non-hydrogen) atoms. The Balaban J connectivity index is 2.30. The summed E-state index contributed by atoms with van der Waals surface area (Å²) in [4.78, 5) is 28.1. The normalized spacial score (nSPS) is 9.89. The van der Waals surface area contributed by atoms with Gasteiger partial charge in [0.1, 0.15) is 5.88 Å². The van der Waals surface area contributed by atoms with Gasteiger partial charge < -0.3 is 10.2 Å². The first kappa shape index (κ1) is 14.4. The van der Waals surface area contributed by atoms with Gasteiger partial charge in [-0.25, -0.2) is 0 Å². The molecule has 0 fully saturated rings. The second-order valence-electron chi connectivity index (χ2n) is 3.84. The van der Waals surface area contributed by atoms with Crippen LogP contribution in [0.3, 0.4) is 0 Å². The minimum absolute atomic E-state index is 0.0188. The van der Waals surface area contributed by atoms with E-state index in [4.69, 9.17) is 11.6 Å². The zero-order valence-corrected chi connectivity index (χ0v) is 11.0. The molecule has 1 aromatic rings. The molecule has 0 spiro atoms. The molecule has 1 heterocycles. The maximum atomic E-state index is 11.6. The lowest BCUT2D eigenvalue weighted by Gasteiger charge is -2.17. The second-order valence-corrected chi connectivity index (χ2v) is 4.10. The van der Waals surface area contributed by atoms with Gasteiger partial charge in [-0.2, -0.15) is 0 Å². The lowest BCUT2D eigenvalue weighted by atomic mass is 10.2. The topological polar surface area (TPSA) is 62.3 Å². The minimum Gasteiger partial charge on any atom is -0.346 e. The van der Waals surface area contributed by atoms with Crippen LogP contribution in [0.15, 0.2) is 24.5 Å². The fourth-order valence-electron chi connectivity index (χ4n) is 1.32. The van der Waals surface area contributed by atoms with Gasteiger partial charge in [-0.05, 0) is 18.1 Å². The highest BCUT2D eigenvalue weighted by atomic mass is 35.5. The van der Waals surface area contributed by atoms with Gasteiger partial charge in [0.2, 0.25) is 11.8 Å². The molecule has 0 aromatic carbocycles. The third-order valence-electron chi connectivity index (χ3n) is 2.44. The zero-order chi connectivity index (χ0) is 13.4. The summed E-state index contributed by atoms with van der Waals surface area (Å²) < 4.78 is 0. The molecule has 1 N–H and O–H groups in total. The van der Waals surface area contributed by atoms with Crippen LogP contribution in [0, 0.1) is 0 Å². The molecule has 0 aliphatic carbocycles. The number of likely N-dealkylation sites (N-methyl/N-ethyl adjacent to an activating group) is 1. The van der Waals surface area contributed by atoms with Gasteiger partial charge >= 0.3 is 0 Å². The number of hydrogen-bond acceptors (Lipinski definition) is 3. The highest BCUT2D eigenvalue weighted by Crippen LogP contribution is 1.98. The number of carbonyl (C=O) groups excluding carboxylic acids is 2. The van der Waals surface area contributed by atoms with E-state index in [2.05, 4.69) is 10.3 Å². The monoisotopic (exact) mass is 269 g/mol. The summed E-state index contributed by atoms with van der Waals surface area (Å²) >= 11 is 5.31. The molecule has 0 radical (unpaired) electrons. The molecule has 0 atom stereocenters. The van der Waals surface area contributed by atoms with Crippen LogP contribution in [-0.2, 0) is 16.0 Å². The highest BCUT2D eigenvalue weighted by Gasteiger charge is 2.09. The summed E-state index contributed by atoms with van der Waals surface area (Å²) in [7, 11) is 1.70. The third-order valence-corrected chi connectivity index (χ3v) is 2.69. The summed E-state index contributed by atoms with van der Waals surface area (Å²) in [6, 6.07) is 3.82. The van der Waals surface area contributed by atoms with Crippen LogP contribution in [0.5, 0.6) is 0 Å². The highest BCUT2D eigenvalue weighted by molar-refractivity contribution is 6.27. The van der Waals surface area contributed by atoms with Crippen molar-refractivity contribution < 1.29 is 9.59 Å². The van der Waals surface area contributed by atoms with Crippen LogP contribution in [0.25, 0.3) is 0 Å². The second kappa shape index (κ2) is 7.66. The molecule has 98 valence electrons. The molecule has 0 unspecified atom stereocenters. The number of nitrogens with zero attached hydrogens (tertiary/aromatic N) is 2. The van der Waals surface area contributed by atoms with Crippen molar-refractivity contribution in [3.8, 4) is 0 Å². The number of halogens is 1. The number of carbonyl (C=O) groups is 2. The summed E-state index contributed by atoms with van der Waals surface area (Å²) in [5, 5.41) is 2.44. The van der Waals surface area contributed by atoms with E-state index in [1.54, 1.807) is 24.3 Å². The van der Waals surface area contributed by atoms with E-state index < -0.39 is 0 Å². The van der Waals surface area contributed by atoms with Gasteiger partial charge in [-0.1, -0.05) is 6.07 Å². The van der Waals surface area contributed by atoms with Crippen LogP contribution < -0.4 is 5.32 Å². The van der Waals surface area contributed by atoms with Gasteiger partial charge in [0.25, 0.3) is 0 Å². The standard InChI is InChI=1S/C12H16ClN3O2/c1-16(12(18)9-15-11(17)7-13)6-4-10-3-2-5-14-8-10/h2-3,5,8H,4,6-7,9H2,1H3,(H,15,17). The first-order valence-corrected chi connectivity index (χ1v) is 6.12. The fourth-order valence-corrected chi connectivity index (χ4v) is 1.42. The van der Waals surface area contributed by atoms with Crippen LogP contribution >= 0.6 is 11.6 Å². The summed E-state index contributed by atoms with van der Waals surface area (Å²) in [6.45, 7) is 0.566. The number of amides is 2. The number of nitrogens with one attached hydrogen (secondary N) is 1. The molecule has 0 aliphatic heterocycles. The Morgan fingerprint density at radius 3 is 2.89 bits per heavy atom. The zero-order valence-electron chi connectivity index (χ0n) is 10.2. The Kier molecular flexibility index (Phi) is 6.14. The Labute approximate surface area is 111 Å². The minimum atomic E-state index is -0.342. The van der Waals surface area contributed by atoms with Crippen molar-refractivity contribution in [3.63, 3.8) is 0 Å². The Morgan fingerprint density at radius 1 is 1.50 bits per heavy atom. The lowest BCUT2D eigenvalue weighted by Crippen LogP contribution is -2.39. The van der Waals surface area contributed by atoms with Gasteiger partial charge in [-0.15, -0.1) is 11.6 Å². The number of aromatic nitrogens is 1. The van der Waals surface area contributed by atoms with Crippen LogP contribution in [0.4, 0.5) is 0 Å². The maximum absolute atomic E-state index is 11.6. The van der Waals surface area contributed by atoms with Gasteiger partial charge in [0.05, 0.1) is 6.54 Å². The van der Waals surface area contributed by atoms with Crippen molar-refractivity contribution >= 4 is 23.4 Å². The average molecular weight is 270 g/mol. The maximum Gasteiger partial charge on any atom is 0.241 e. The van der Waals surface area contributed by atoms with E-state index in [0.717, 1.165) is 12.0 Å². The molecule has 0 bridgehead atoms. The molecule has 5 nitrogen and oxygen atoms in total. The van der Waals surface area contributed by atoms with Gasteiger partial charge in [-0.3, -0.25) is 14.6 Å². The Bertz CT molecular complexity index is 398. The van der Waals surface area contributed by atoms with E-state index in [1.165, 1.54) is 0 Å². The molecule has 0 saturated heterocycles. The molecule has 2 amide bonds. The predicted molar refractivity (Wildman–Crippen MR) is 69.3 cm³/mol. The SMILES string of the molecule is CN(CCc1cccnc1)C(=O)CNC(=O)CCl. The summed E-state index contributed by atoms with van der Waals surface area (Å²) in [5.41, 5.74) is 1.07. The van der Waals surface area contributed by atoms with Crippen LogP contribution in [0.1, 0.15) is 5.56 Å². The van der Waals surface area contributed by atoms with E-state index in [9.17, 15) is 9.59 Å². The first-order chi connectivity index (χ1) is 8.63. The number of pyridine rings is 1. The summed E-state index contributed by atoms with van der Waals surface area (Å²) in [6.07, 6.45) is 4.22. The molecule has 1 aromatic heterocycles. The predicted octanol–water partition coefficient (Wildman–Crippen LogP) is 0.438. The molecular weight excluding hydrogens is 254 g/mol. The quantitative estimate of drug-likeness (QED) is 0.762. The first-order valence-electron chi connectivity index (χ1n) is 5.59. The van der Waals surface area contributed by atoms with Crippen molar-refractivity contribution in [1.29, 1.82) is 0 Å². The number of hydrogen-bond donors (Lipinski definition) is 1. The lowest BCUT2D eigenvalue weighted by molar-refractivity contribution is -0.131. The molecule has 1 rings (SSSR count). The Morgan fingerprint density at radius 2 is 2.28 bits per heavy atom. The van der Waals surface area contributed by atoms with Crippen LogP contribution in [-0.4, -0.2) is 47.7 Å². The van der Waals surface area contributed by atoms with E-state index in [-0.39, 0.29) is 24.2 Å². The van der Waals surface area contributed by atoms with Crippen molar-refractivity contribution in [3.05, 3.63) is 30.1 Å². The number of rotatable bonds is 6. The smallest absolute Gasteiger partial charge is 0.241 e. The summed E-state index contributed by atoms with van der Waals surface area (Å²) in [5.74, 6) is -0.616. The van der Waals surface area contributed by atoms with Crippen molar-refractivity contribution in [2.45, 2.75) is 6.42 Å². The van der Waals surface area contributed by atoms with Crippen molar-refractivity contribution in [2.24, 2.45) is 0 Å². The third kappa shape index (κ3) is 5.14. The van der Waals surface area contributed by atoms with E-state index in [0.29, 0.717) is 6.54 Å². The fraction of sp³-hybridized carbons (Fsp3) is 0.417. The van der Waals surface area contributed by atoms with Crippen LogP contribution in [0.2, 0.25) is 0 Å². The average Bonchev–Trinajstić information content (AvgIpc) is 2.42. The van der Waals surface area contributed by atoms with Gasteiger partial charge in [0.15, 0.2) is 0 Å². The number of alkyl halides is 1. The Hall–Kier alpha value is -1.62. The molecule has 0 aliphatic rings. The largest absolute Gasteiger partial charge is 0.346 e. The molecule has 0 saturated carbocycles. The van der Waals surface area contributed by atoms with E-state index >= 15 is 0 Å². The van der Waals surface area contributed by atoms with Gasteiger partial charge in [0, 0.05) is 26.0 Å².